The van der Waals surface area contributed by atoms with Crippen LogP contribution in [0.2, 0.25) is 0 Å². The highest BCUT2D eigenvalue weighted by molar-refractivity contribution is 5.90. The van der Waals surface area contributed by atoms with E-state index in [1.807, 2.05) is 32.0 Å². The van der Waals surface area contributed by atoms with Crippen LogP contribution in [0.15, 0.2) is 42.7 Å². The molecule has 7 nitrogen and oxygen atoms in total. The Morgan fingerprint density at radius 1 is 1.07 bits per heavy atom. The van der Waals surface area contributed by atoms with Crippen molar-refractivity contribution < 1.29 is 23.8 Å². The number of carbonyl (C=O) groups is 2. The number of pyridine rings is 1. The lowest BCUT2D eigenvalue weighted by atomic mass is 10.1. The molecule has 2 rings (SSSR count). The predicted octanol–water partition coefficient (Wildman–Crippen LogP) is 2.39. The molecule has 0 unspecified atom stereocenters. The normalized spacial score (nSPS) is 10.1. The number of ether oxygens (including phenoxy) is 3. The van der Waals surface area contributed by atoms with Crippen molar-refractivity contribution in [3.63, 3.8) is 0 Å². The predicted molar refractivity (Wildman–Crippen MR) is 100 cm³/mol. The van der Waals surface area contributed by atoms with Crippen LogP contribution >= 0.6 is 0 Å². The van der Waals surface area contributed by atoms with Gasteiger partial charge >= 0.3 is 5.97 Å². The molecule has 27 heavy (non-hydrogen) atoms. The number of aromatic nitrogens is 1. The summed E-state index contributed by atoms with van der Waals surface area (Å²) in [5.41, 5.74) is 1.32. The minimum absolute atomic E-state index is 0.308. The minimum Gasteiger partial charge on any atom is -0.490 e. The van der Waals surface area contributed by atoms with Gasteiger partial charge in [-0.25, -0.2) is 4.79 Å². The van der Waals surface area contributed by atoms with E-state index in [0.29, 0.717) is 43.2 Å². The highest BCUT2D eigenvalue weighted by atomic mass is 16.5. The van der Waals surface area contributed by atoms with Crippen LogP contribution in [0.4, 0.5) is 0 Å². The number of esters is 1. The van der Waals surface area contributed by atoms with E-state index in [0.717, 1.165) is 5.56 Å². The molecule has 0 saturated carbocycles. The van der Waals surface area contributed by atoms with Crippen LogP contribution in [0.3, 0.4) is 0 Å². The average molecular weight is 372 g/mol. The summed E-state index contributed by atoms with van der Waals surface area (Å²) in [7, 11) is 0. The zero-order valence-corrected chi connectivity index (χ0v) is 15.6. The standard InChI is InChI=1S/C20H24N2O5/c1-3-25-17-8-7-15(12-18(17)26-4-2)9-11-22-19(23)14-27-20(24)16-6-5-10-21-13-16/h5-8,10,12-13H,3-4,9,11,14H2,1-2H3,(H,22,23). The zero-order chi connectivity index (χ0) is 19.5. The molecular formula is C20H24N2O5. The van der Waals surface area contributed by atoms with E-state index >= 15 is 0 Å². The largest absolute Gasteiger partial charge is 0.490 e. The van der Waals surface area contributed by atoms with Crippen LogP contribution in [0.25, 0.3) is 0 Å². The summed E-state index contributed by atoms with van der Waals surface area (Å²) < 4.78 is 16.1. The minimum atomic E-state index is -0.578. The number of rotatable bonds is 10. The highest BCUT2D eigenvalue weighted by Crippen LogP contribution is 2.28. The first-order valence-electron chi connectivity index (χ1n) is 8.86. The summed E-state index contributed by atoms with van der Waals surface area (Å²) in [5, 5.41) is 2.73. The molecule has 0 aliphatic heterocycles. The fourth-order valence-corrected chi connectivity index (χ4v) is 2.35. The lowest BCUT2D eigenvalue weighted by Gasteiger charge is -2.12. The van der Waals surface area contributed by atoms with Gasteiger partial charge in [0.15, 0.2) is 18.1 Å². The van der Waals surface area contributed by atoms with Gasteiger partial charge in [-0.15, -0.1) is 0 Å². The number of nitrogens with one attached hydrogen (secondary N) is 1. The first kappa shape index (κ1) is 20.2. The van der Waals surface area contributed by atoms with E-state index in [1.165, 1.54) is 6.20 Å². The Balaban J connectivity index is 1.77. The summed E-state index contributed by atoms with van der Waals surface area (Å²) in [5.74, 6) is 0.456. The van der Waals surface area contributed by atoms with Crippen LogP contribution in [-0.2, 0) is 16.0 Å². The van der Waals surface area contributed by atoms with Gasteiger partial charge in [-0.3, -0.25) is 9.78 Å². The van der Waals surface area contributed by atoms with Gasteiger partial charge in [-0.1, -0.05) is 6.07 Å². The number of benzene rings is 1. The first-order chi connectivity index (χ1) is 13.1. The average Bonchev–Trinajstić information content (AvgIpc) is 2.69. The Hall–Kier alpha value is -3.09. The van der Waals surface area contributed by atoms with E-state index in [4.69, 9.17) is 14.2 Å². The Kier molecular flexibility index (Phi) is 8.09. The molecular weight excluding hydrogens is 348 g/mol. The molecule has 2 aromatic rings. The molecule has 0 fully saturated rings. The second kappa shape index (κ2) is 10.8. The molecule has 1 amide bonds. The molecule has 0 radical (unpaired) electrons. The fraction of sp³-hybridized carbons (Fsp3) is 0.350. The van der Waals surface area contributed by atoms with Gasteiger partial charge in [0.1, 0.15) is 0 Å². The van der Waals surface area contributed by atoms with Crippen LogP contribution in [-0.4, -0.2) is 43.2 Å². The van der Waals surface area contributed by atoms with Gasteiger partial charge < -0.3 is 19.5 Å². The second-order valence-corrected chi connectivity index (χ2v) is 5.56. The molecule has 0 atom stereocenters. The van der Waals surface area contributed by atoms with Crippen LogP contribution < -0.4 is 14.8 Å². The molecule has 0 bridgehead atoms. The Bertz CT molecular complexity index is 749. The van der Waals surface area contributed by atoms with Gasteiger partial charge in [0, 0.05) is 18.9 Å². The summed E-state index contributed by atoms with van der Waals surface area (Å²) in [4.78, 5) is 27.4. The Morgan fingerprint density at radius 2 is 1.85 bits per heavy atom. The maximum atomic E-state index is 11.8. The Labute approximate surface area is 158 Å². The van der Waals surface area contributed by atoms with Crippen molar-refractivity contribution in [2.24, 2.45) is 0 Å². The molecule has 0 aliphatic carbocycles. The molecule has 1 aromatic carbocycles. The molecule has 1 heterocycles. The first-order valence-corrected chi connectivity index (χ1v) is 8.86. The maximum Gasteiger partial charge on any atom is 0.340 e. The number of carbonyl (C=O) groups excluding carboxylic acids is 2. The van der Waals surface area contributed by atoms with Crippen molar-refractivity contribution >= 4 is 11.9 Å². The summed E-state index contributed by atoms with van der Waals surface area (Å²) >= 11 is 0. The van der Waals surface area contributed by atoms with Crippen molar-refractivity contribution in [3.05, 3.63) is 53.9 Å². The topological polar surface area (TPSA) is 86.8 Å². The molecule has 0 spiro atoms. The molecule has 7 heteroatoms. The third-order valence-electron chi connectivity index (χ3n) is 3.58. The number of amides is 1. The summed E-state index contributed by atoms with van der Waals surface area (Å²) in [6, 6.07) is 8.91. The SMILES string of the molecule is CCOc1ccc(CCNC(=O)COC(=O)c2cccnc2)cc1OCC. The zero-order valence-electron chi connectivity index (χ0n) is 15.6. The number of nitrogens with zero attached hydrogens (tertiary/aromatic N) is 1. The third-order valence-corrected chi connectivity index (χ3v) is 3.58. The molecule has 1 N–H and O–H groups in total. The van der Waals surface area contributed by atoms with Crippen LogP contribution in [0, 0.1) is 0 Å². The lowest BCUT2D eigenvalue weighted by Crippen LogP contribution is -2.30. The van der Waals surface area contributed by atoms with Crippen molar-refractivity contribution in [1.82, 2.24) is 10.3 Å². The maximum absolute atomic E-state index is 11.8. The van der Waals surface area contributed by atoms with Gasteiger partial charge in [-0.2, -0.15) is 0 Å². The van der Waals surface area contributed by atoms with E-state index in [1.54, 1.807) is 18.3 Å². The number of hydrogen-bond donors (Lipinski definition) is 1. The molecule has 1 aromatic heterocycles. The third kappa shape index (κ3) is 6.62. The van der Waals surface area contributed by atoms with Crippen LogP contribution in [0.1, 0.15) is 29.8 Å². The quantitative estimate of drug-likeness (QED) is 0.645. The Morgan fingerprint density at radius 3 is 2.56 bits per heavy atom. The van der Waals surface area contributed by atoms with E-state index < -0.39 is 5.97 Å². The fourth-order valence-electron chi connectivity index (χ4n) is 2.35. The second-order valence-electron chi connectivity index (χ2n) is 5.56. The van der Waals surface area contributed by atoms with Crippen molar-refractivity contribution in [1.29, 1.82) is 0 Å². The van der Waals surface area contributed by atoms with Crippen molar-refractivity contribution in [2.75, 3.05) is 26.4 Å². The monoisotopic (exact) mass is 372 g/mol. The van der Waals surface area contributed by atoms with Gasteiger partial charge in [0.05, 0.1) is 18.8 Å². The van der Waals surface area contributed by atoms with Crippen molar-refractivity contribution in [3.8, 4) is 11.5 Å². The molecule has 0 aliphatic rings. The summed E-state index contributed by atoms with van der Waals surface area (Å²) in [6.07, 6.45) is 3.57. The molecule has 144 valence electrons. The van der Waals surface area contributed by atoms with E-state index in [9.17, 15) is 9.59 Å². The smallest absolute Gasteiger partial charge is 0.340 e. The van der Waals surface area contributed by atoms with Gasteiger partial charge in [0.25, 0.3) is 5.91 Å². The molecule has 0 saturated heterocycles. The van der Waals surface area contributed by atoms with Gasteiger partial charge in [-0.05, 0) is 50.1 Å². The highest BCUT2D eigenvalue weighted by Gasteiger charge is 2.10. The summed E-state index contributed by atoms with van der Waals surface area (Å²) in [6.45, 7) is 5.02. The van der Waals surface area contributed by atoms with E-state index in [-0.39, 0.29) is 12.5 Å². The number of hydrogen-bond acceptors (Lipinski definition) is 6. The van der Waals surface area contributed by atoms with Crippen molar-refractivity contribution in [2.45, 2.75) is 20.3 Å². The van der Waals surface area contributed by atoms with E-state index in [2.05, 4.69) is 10.3 Å². The lowest BCUT2D eigenvalue weighted by molar-refractivity contribution is -0.124. The van der Waals surface area contributed by atoms with Gasteiger partial charge in [0.2, 0.25) is 0 Å². The van der Waals surface area contributed by atoms with Crippen LogP contribution in [0.5, 0.6) is 11.5 Å².